The summed E-state index contributed by atoms with van der Waals surface area (Å²) in [6.07, 6.45) is 1.64. The van der Waals surface area contributed by atoms with Gasteiger partial charge in [-0.05, 0) is 55.3 Å². The van der Waals surface area contributed by atoms with Crippen LogP contribution < -0.4 is 10.1 Å². The molecule has 0 fully saturated rings. The van der Waals surface area contributed by atoms with Gasteiger partial charge in [0.1, 0.15) is 11.5 Å². The molecule has 0 radical (unpaired) electrons. The lowest BCUT2D eigenvalue weighted by atomic mass is 10.1. The highest BCUT2D eigenvalue weighted by Crippen LogP contribution is 2.28. The van der Waals surface area contributed by atoms with E-state index in [1.807, 2.05) is 54.8 Å². The molecule has 3 aromatic carbocycles. The second-order valence-corrected chi connectivity index (χ2v) is 9.79. The van der Waals surface area contributed by atoms with Gasteiger partial charge in [-0.25, -0.2) is 8.42 Å². The van der Waals surface area contributed by atoms with E-state index >= 15 is 0 Å². The zero-order valence-electron chi connectivity index (χ0n) is 18.6. The van der Waals surface area contributed by atoms with Crippen molar-refractivity contribution in [3.8, 4) is 5.75 Å². The molecule has 0 aliphatic carbocycles. The van der Waals surface area contributed by atoms with Gasteiger partial charge in [-0.2, -0.15) is 0 Å². The van der Waals surface area contributed by atoms with Crippen molar-refractivity contribution in [2.45, 2.75) is 25.3 Å². The lowest BCUT2D eigenvalue weighted by Gasteiger charge is -2.08. The Balaban J connectivity index is 1.58. The number of nitrogens with zero attached hydrogens (tertiary/aromatic N) is 1. The molecular weight excluding hydrogens is 436 g/mol. The number of amides is 1. The maximum Gasteiger partial charge on any atom is 0.239 e. The Morgan fingerprint density at radius 1 is 0.970 bits per heavy atom. The van der Waals surface area contributed by atoms with Gasteiger partial charge in [0.25, 0.3) is 0 Å². The third kappa shape index (κ3) is 5.09. The molecule has 4 rings (SSSR count). The standard InChI is InChI=1S/C26H26N2O4S/c1-3-32-22-14-12-21(13-15-22)27-26(29)18-33(30,31)25-17-28(24-11-7-6-10-23(24)25)16-20-9-5-4-8-19(20)2/h4-15,17H,3,16,18H2,1-2H3,(H,27,29). The number of carbonyl (C=O) groups is 1. The van der Waals surface area contributed by atoms with E-state index in [1.165, 1.54) is 0 Å². The van der Waals surface area contributed by atoms with Crippen molar-refractivity contribution in [1.82, 2.24) is 4.57 Å². The molecule has 0 unspecified atom stereocenters. The van der Waals surface area contributed by atoms with Gasteiger partial charge in [-0.1, -0.05) is 42.5 Å². The number of benzene rings is 3. The van der Waals surface area contributed by atoms with E-state index in [2.05, 4.69) is 5.32 Å². The number of aromatic nitrogens is 1. The number of aryl methyl sites for hydroxylation is 1. The van der Waals surface area contributed by atoms with Gasteiger partial charge < -0.3 is 14.6 Å². The topological polar surface area (TPSA) is 77.4 Å². The average molecular weight is 463 g/mol. The lowest BCUT2D eigenvalue weighted by Crippen LogP contribution is -2.23. The predicted octanol–water partition coefficient (Wildman–Crippen LogP) is 4.81. The molecule has 7 heteroatoms. The second-order valence-electron chi connectivity index (χ2n) is 7.83. The number of sulfone groups is 1. The van der Waals surface area contributed by atoms with E-state index in [0.29, 0.717) is 30.0 Å². The smallest absolute Gasteiger partial charge is 0.239 e. The third-order valence-corrected chi connectivity index (χ3v) is 7.10. The Morgan fingerprint density at radius 3 is 2.39 bits per heavy atom. The summed E-state index contributed by atoms with van der Waals surface area (Å²) in [4.78, 5) is 12.7. The number of nitrogens with one attached hydrogen (secondary N) is 1. The molecule has 6 nitrogen and oxygen atoms in total. The molecule has 1 N–H and O–H groups in total. The van der Waals surface area contributed by atoms with E-state index < -0.39 is 21.5 Å². The second kappa shape index (κ2) is 9.50. The van der Waals surface area contributed by atoms with E-state index in [0.717, 1.165) is 16.6 Å². The highest BCUT2D eigenvalue weighted by atomic mass is 32.2. The van der Waals surface area contributed by atoms with Crippen molar-refractivity contribution in [3.05, 3.63) is 90.1 Å². The first-order valence-corrected chi connectivity index (χ1v) is 12.4. The number of ether oxygens (including phenoxy) is 1. The van der Waals surface area contributed by atoms with Gasteiger partial charge in [0.2, 0.25) is 5.91 Å². The van der Waals surface area contributed by atoms with Gasteiger partial charge in [-0.15, -0.1) is 0 Å². The Morgan fingerprint density at radius 2 is 1.67 bits per heavy atom. The maximum absolute atomic E-state index is 13.2. The minimum Gasteiger partial charge on any atom is -0.494 e. The van der Waals surface area contributed by atoms with E-state index in [1.54, 1.807) is 42.6 Å². The summed E-state index contributed by atoms with van der Waals surface area (Å²) in [6, 6.07) is 22.2. The van der Waals surface area contributed by atoms with E-state index in [-0.39, 0.29) is 4.90 Å². The first kappa shape index (κ1) is 22.6. The minimum absolute atomic E-state index is 0.161. The molecule has 0 aliphatic rings. The van der Waals surface area contributed by atoms with Crippen LogP contribution in [0.15, 0.2) is 83.9 Å². The van der Waals surface area contributed by atoms with Crippen molar-refractivity contribution in [1.29, 1.82) is 0 Å². The van der Waals surface area contributed by atoms with Crippen LogP contribution in [0.3, 0.4) is 0 Å². The molecule has 0 saturated carbocycles. The SMILES string of the molecule is CCOc1ccc(NC(=O)CS(=O)(=O)c2cn(Cc3ccccc3C)c3ccccc23)cc1. The van der Waals surface area contributed by atoms with Crippen molar-refractivity contribution in [2.24, 2.45) is 0 Å². The number of hydrogen-bond acceptors (Lipinski definition) is 4. The first-order chi connectivity index (χ1) is 15.9. The van der Waals surface area contributed by atoms with Gasteiger partial charge in [0, 0.05) is 29.3 Å². The number of hydrogen-bond donors (Lipinski definition) is 1. The molecule has 1 aromatic heterocycles. The van der Waals surface area contributed by atoms with Crippen LogP contribution in [0.5, 0.6) is 5.75 Å². The van der Waals surface area contributed by atoms with Gasteiger partial charge in [-0.3, -0.25) is 4.79 Å². The van der Waals surface area contributed by atoms with Gasteiger partial charge >= 0.3 is 0 Å². The molecule has 170 valence electrons. The molecule has 4 aromatic rings. The molecule has 1 amide bonds. The highest BCUT2D eigenvalue weighted by molar-refractivity contribution is 7.92. The van der Waals surface area contributed by atoms with Crippen molar-refractivity contribution >= 4 is 32.3 Å². The van der Waals surface area contributed by atoms with Crippen LogP contribution in [0, 0.1) is 6.92 Å². The fourth-order valence-corrected chi connectivity index (χ4v) is 5.18. The summed E-state index contributed by atoms with van der Waals surface area (Å²) in [6.45, 7) is 5.00. The van der Waals surface area contributed by atoms with Gasteiger partial charge in [0.05, 0.1) is 11.5 Å². The van der Waals surface area contributed by atoms with Crippen molar-refractivity contribution in [3.63, 3.8) is 0 Å². The monoisotopic (exact) mass is 462 g/mol. The Kier molecular flexibility index (Phi) is 6.51. The molecule has 0 bridgehead atoms. The van der Waals surface area contributed by atoms with Crippen LogP contribution in [-0.4, -0.2) is 31.3 Å². The summed E-state index contributed by atoms with van der Waals surface area (Å²) in [7, 11) is -3.86. The van der Waals surface area contributed by atoms with Crippen molar-refractivity contribution < 1.29 is 17.9 Å². The normalized spacial score (nSPS) is 11.5. The fraction of sp³-hybridized carbons (Fsp3) is 0.192. The van der Waals surface area contributed by atoms with Crippen LogP contribution in [0.25, 0.3) is 10.9 Å². The van der Waals surface area contributed by atoms with Crippen molar-refractivity contribution in [2.75, 3.05) is 17.7 Å². The van der Waals surface area contributed by atoms with Crippen LogP contribution in [-0.2, 0) is 21.2 Å². The van der Waals surface area contributed by atoms with E-state index in [4.69, 9.17) is 4.74 Å². The molecular formula is C26H26N2O4S. The molecule has 0 saturated heterocycles. The molecule has 1 heterocycles. The quantitative estimate of drug-likeness (QED) is 0.408. The Bertz CT molecular complexity index is 1390. The number of anilines is 1. The maximum atomic E-state index is 13.2. The fourth-order valence-electron chi connectivity index (χ4n) is 3.81. The molecule has 0 atom stereocenters. The third-order valence-electron chi connectivity index (χ3n) is 5.46. The Hall–Kier alpha value is -3.58. The molecule has 0 aliphatic heterocycles. The van der Waals surface area contributed by atoms with Crippen LogP contribution >= 0.6 is 0 Å². The van der Waals surface area contributed by atoms with Crippen LogP contribution in [0.2, 0.25) is 0 Å². The van der Waals surface area contributed by atoms with Crippen LogP contribution in [0.4, 0.5) is 5.69 Å². The summed E-state index contributed by atoms with van der Waals surface area (Å²) in [5.41, 5.74) is 3.57. The predicted molar refractivity (Wildman–Crippen MR) is 131 cm³/mol. The Labute approximate surface area is 193 Å². The largest absolute Gasteiger partial charge is 0.494 e. The first-order valence-electron chi connectivity index (χ1n) is 10.8. The highest BCUT2D eigenvalue weighted by Gasteiger charge is 2.24. The molecule has 0 spiro atoms. The lowest BCUT2D eigenvalue weighted by molar-refractivity contribution is -0.113. The summed E-state index contributed by atoms with van der Waals surface area (Å²) in [5, 5.41) is 3.27. The number of para-hydroxylation sites is 1. The zero-order valence-corrected chi connectivity index (χ0v) is 19.4. The van der Waals surface area contributed by atoms with E-state index in [9.17, 15) is 13.2 Å². The molecule has 33 heavy (non-hydrogen) atoms. The average Bonchev–Trinajstić information content (AvgIpc) is 3.16. The number of fused-ring (bicyclic) bond motifs is 1. The number of rotatable bonds is 8. The summed E-state index contributed by atoms with van der Waals surface area (Å²) in [5.74, 6) is -0.544. The van der Waals surface area contributed by atoms with Gasteiger partial charge in [0.15, 0.2) is 9.84 Å². The minimum atomic E-state index is -3.86. The number of carbonyl (C=O) groups excluding carboxylic acids is 1. The summed E-state index contributed by atoms with van der Waals surface area (Å²) >= 11 is 0. The summed E-state index contributed by atoms with van der Waals surface area (Å²) < 4.78 is 33.8. The van der Waals surface area contributed by atoms with Crippen LogP contribution in [0.1, 0.15) is 18.1 Å². The zero-order chi connectivity index (χ0) is 23.4.